The fourth-order valence-electron chi connectivity index (χ4n) is 2.87. The molecule has 3 rings (SSSR count). The molecule has 0 aliphatic carbocycles. The molecular formula is C20H18N4O4. The fourth-order valence-corrected chi connectivity index (χ4v) is 2.87. The number of phenolic OH excluding ortho intramolecular Hbond substituents is 2. The van der Waals surface area contributed by atoms with Crippen LogP contribution in [0.4, 0.5) is 22.7 Å². The van der Waals surface area contributed by atoms with Crippen LogP contribution in [0.5, 0.6) is 11.5 Å². The zero-order chi connectivity index (χ0) is 20.6. The van der Waals surface area contributed by atoms with Crippen LogP contribution in [0, 0.1) is 0 Å². The molecule has 0 heterocycles. The van der Waals surface area contributed by atoms with Gasteiger partial charge in [-0.25, -0.2) is 0 Å². The lowest BCUT2D eigenvalue weighted by Crippen LogP contribution is -2.13. The summed E-state index contributed by atoms with van der Waals surface area (Å²) in [4.78, 5) is 25.6. The van der Waals surface area contributed by atoms with E-state index in [1.807, 2.05) is 0 Å². The van der Waals surface area contributed by atoms with Crippen molar-refractivity contribution in [2.75, 3.05) is 22.9 Å². The summed E-state index contributed by atoms with van der Waals surface area (Å²) < 4.78 is 0. The Bertz CT molecular complexity index is 1010. The number of rotatable bonds is 4. The van der Waals surface area contributed by atoms with Gasteiger partial charge in [-0.1, -0.05) is 24.3 Å². The lowest BCUT2D eigenvalue weighted by molar-refractivity contribution is 0.102. The Labute approximate surface area is 160 Å². The molecule has 0 saturated heterocycles. The Morgan fingerprint density at radius 1 is 0.643 bits per heavy atom. The zero-order valence-electron chi connectivity index (χ0n) is 14.6. The summed E-state index contributed by atoms with van der Waals surface area (Å²) in [5.41, 5.74) is 22.3. The second kappa shape index (κ2) is 6.84. The van der Waals surface area contributed by atoms with Gasteiger partial charge in [-0.2, -0.15) is 0 Å². The van der Waals surface area contributed by atoms with Gasteiger partial charge in [0.15, 0.2) is 23.1 Å². The molecular weight excluding hydrogens is 360 g/mol. The van der Waals surface area contributed by atoms with E-state index in [4.69, 9.17) is 22.9 Å². The topological polar surface area (TPSA) is 179 Å². The Hall–Kier alpha value is -4.20. The van der Waals surface area contributed by atoms with Gasteiger partial charge in [-0.05, 0) is 24.3 Å². The van der Waals surface area contributed by atoms with Gasteiger partial charge in [0.05, 0.1) is 22.5 Å². The maximum Gasteiger partial charge on any atom is 0.199 e. The van der Waals surface area contributed by atoms with Crippen molar-refractivity contribution in [2.45, 2.75) is 0 Å². The van der Waals surface area contributed by atoms with E-state index >= 15 is 0 Å². The Morgan fingerprint density at radius 3 is 1.32 bits per heavy atom. The van der Waals surface area contributed by atoms with Gasteiger partial charge in [-0.15, -0.1) is 0 Å². The number of nitrogen functional groups attached to an aromatic ring is 4. The predicted octanol–water partition coefficient (Wildman–Crippen LogP) is 1.89. The number of hydrogen-bond acceptors (Lipinski definition) is 8. The summed E-state index contributed by atoms with van der Waals surface area (Å²) in [5.74, 6) is -2.80. The Balaban J connectivity index is 2.17. The highest BCUT2D eigenvalue weighted by molar-refractivity contribution is 6.21. The maximum absolute atomic E-state index is 12.8. The van der Waals surface area contributed by atoms with Crippen molar-refractivity contribution in [3.63, 3.8) is 0 Å². The number of anilines is 4. The number of phenols is 2. The minimum Gasteiger partial charge on any atom is -0.505 e. The van der Waals surface area contributed by atoms with Gasteiger partial charge in [0.2, 0.25) is 0 Å². The number of carbonyl (C=O) groups excluding carboxylic acids is 2. The molecule has 142 valence electrons. The Morgan fingerprint density at radius 2 is 1.00 bits per heavy atom. The number of benzene rings is 3. The predicted molar refractivity (Wildman–Crippen MR) is 107 cm³/mol. The molecule has 8 nitrogen and oxygen atoms in total. The molecule has 3 aromatic rings. The minimum absolute atomic E-state index is 0.135. The number of nitrogens with two attached hydrogens (primary N) is 4. The minimum atomic E-state index is -0.702. The lowest BCUT2D eigenvalue weighted by Gasteiger charge is -2.16. The first-order valence-electron chi connectivity index (χ1n) is 8.15. The van der Waals surface area contributed by atoms with Crippen LogP contribution in [0.1, 0.15) is 31.8 Å². The van der Waals surface area contributed by atoms with Crippen LogP contribution in [0.3, 0.4) is 0 Å². The lowest BCUT2D eigenvalue weighted by atomic mass is 9.93. The summed E-state index contributed by atoms with van der Waals surface area (Å²) in [7, 11) is 0. The maximum atomic E-state index is 12.8. The second-order valence-corrected chi connectivity index (χ2v) is 6.18. The molecule has 28 heavy (non-hydrogen) atoms. The molecule has 8 heteroatoms. The summed E-state index contributed by atoms with van der Waals surface area (Å²) in [6, 6.07) is 12.0. The highest BCUT2D eigenvalue weighted by Crippen LogP contribution is 2.43. The van der Waals surface area contributed by atoms with E-state index in [1.165, 1.54) is 24.3 Å². The summed E-state index contributed by atoms with van der Waals surface area (Å²) in [6.07, 6.45) is 0. The van der Waals surface area contributed by atoms with Crippen molar-refractivity contribution < 1.29 is 19.8 Å². The fraction of sp³-hybridized carbons (Fsp3) is 0. The van der Waals surface area contributed by atoms with Crippen LogP contribution >= 0.6 is 0 Å². The largest absolute Gasteiger partial charge is 0.505 e. The third kappa shape index (κ3) is 3.03. The molecule has 0 aliphatic rings. The zero-order valence-corrected chi connectivity index (χ0v) is 14.6. The molecule has 0 aliphatic heterocycles. The van der Waals surface area contributed by atoms with Crippen molar-refractivity contribution >= 4 is 34.3 Å². The first-order chi connectivity index (χ1) is 13.2. The standard InChI is InChI=1S/C20H18N4O4/c21-11-5-1-3-9(7-11)17(25)13-15(23)20(28)14(16(24)19(13)27)18(26)10-4-2-6-12(22)8-10/h1-8,27-28H,21-24H2. The smallest absolute Gasteiger partial charge is 0.199 e. The van der Waals surface area contributed by atoms with Crippen LogP contribution in [-0.2, 0) is 0 Å². The molecule has 0 amide bonds. The van der Waals surface area contributed by atoms with Crippen LogP contribution < -0.4 is 22.9 Å². The average Bonchev–Trinajstić information content (AvgIpc) is 2.66. The van der Waals surface area contributed by atoms with E-state index in [0.29, 0.717) is 11.4 Å². The van der Waals surface area contributed by atoms with E-state index in [9.17, 15) is 19.8 Å². The molecule has 0 unspecified atom stereocenters. The Kier molecular flexibility index (Phi) is 4.54. The number of ketones is 2. The van der Waals surface area contributed by atoms with Gasteiger partial charge in [0, 0.05) is 22.5 Å². The molecule has 0 spiro atoms. The van der Waals surface area contributed by atoms with Crippen LogP contribution in [0.2, 0.25) is 0 Å². The van der Waals surface area contributed by atoms with Crippen molar-refractivity contribution in [3.05, 3.63) is 70.8 Å². The molecule has 10 N–H and O–H groups in total. The number of aromatic hydroxyl groups is 2. The SMILES string of the molecule is Nc1cccc(C(=O)c2c(N)c(O)c(C(=O)c3cccc(N)c3)c(N)c2O)c1. The van der Waals surface area contributed by atoms with Crippen molar-refractivity contribution in [2.24, 2.45) is 0 Å². The average molecular weight is 378 g/mol. The van der Waals surface area contributed by atoms with Gasteiger partial charge in [-0.3, -0.25) is 9.59 Å². The van der Waals surface area contributed by atoms with Gasteiger partial charge < -0.3 is 33.1 Å². The van der Waals surface area contributed by atoms with E-state index in [0.717, 1.165) is 0 Å². The first kappa shape index (κ1) is 18.6. The monoisotopic (exact) mass is 378 g/mol. The molecule has 0 radical (unpaired) electrons. The summed E-state index contributed by atoms with van der Waals surface area (Å²) >= 11 is 0. The third-order valence-corrected chi connectivity index (χ3v) is 4.27. The van der Waals surface area contributed by atoms with Gasteiger partial charge >= 0.3 is 0 Å². The van der Waals surface area contributed by atoms with E-state index < -0.39 is 45.6 Å². The third-order valence-electron chi connectivity index (χ3n) is 4.27. The highest BCUT2D eigenvalue weighted by atomic mass is 16.3. The molecule has 0 atom stereocenters. The summed E-state index contributed by atoms with van der Waals surface area (Å²) in [6.45, 7) is 0. The van der Waals surface area contributed by atoms with Crippen LogP contribution in [-0.4, -0.2) is 21.8 Å². The molecule has 3 aromatic carbocycles. The van der Waals surface area contributed by atoms with Gasteiger partial charge in [0.25, 0.3) is 0 Å². The molecule has 0 fully saturated rings. The number of hydrogen-bond donors (Lipinski definition) is 6. The van der Waals surface area contributed by atoms with Crippen molar-refractivity contribution in [3.8, 4) is 11.5 Å². The van der Waals surface area contributed by atoms with Crippen LogP contribution in [0.15, 0.2) is 48.5 Å². The number of carbonyl (C=O) groups is 2. The second-order valence-electron chi connectivity index (χ2n) is 6.18. The highest BCUT2D eigenvalue weighted by Gasteiger charge is 2.29. The van der Waals surface area contributed by atoms with E-state index in [1.54, 1.807) is 24.3 Å². The molecule has 0 saturated carbocycles. The molecule has 0 aromatic heterocycles. The molecule has 0 bridgehead atoms. The normalized spacial score (nSPS) is 10.6. The first-order valence-corrected chi connectivity index (χ1v) is 8.15. The van der Waals surface area contributed by atoms with Crippen LogP contribution in [0.25, 0.3) is 0 Å². The quantitative estimate of drug-likeness (QED) is 0.172. The van der Waals surface area contributed by atoms with E-state index in [2.05, 4.69) is 0 Å². The summed E-state index contributed by atoms with van der Waals surface area (Å²) in [5, 5.41) is 21.0. The van der Waals surface area contributed by atoms with Crippen molar-refractivity contribution in [1.29, 1.82) is 0 Å². The van der Waals surface area contributed by atoms with Gasteiger partial charge in [0.1, 0.15) is 0 Å². The van der Waals surface area contributed by atoms with Crippen molar-refractivity contribution in [1.82, 2.24) is 0 Å². The van der Waals surface area contributed by atoms with E-state index in [-0.39, 0.29) is 11.1 Å².